The first kappa shape index (κ1) is 12.7. The molecule has 1 aromatic rings. The van der Waals surface area contributed by atoms with Crippen LogP contribution in [0.25, 0.3) is 0 Å². The minimum atomic E-state index is 0.186. The lowest BCUT2D eigenvalue weighted by Gasteiger charge is -2.07. The highest BCUT2D eigenvalue weighted by atomic mass is 79.9. The van der Waals surface area contributed by atoms with Crippen molar-refractivity contribution in [2.75, 3.05) is 5.33 Å². The first-order valence-electron chi connectivity index (χ1n) is 4.95. The summed E-state index contributed by atoms with van der Waals surface area (Å²) in [7, 11) is 0. The van der Waals surface area contributed by atoms with Crippen LogP contribution >= 0.6 is 27.5 Å². The predicted molar refractivity (Wildman–Crippen MR) is 67.9 cm³/mol. The van der Waals surface area contributed by atoms with Crippen molar-refractivity contribution < 1.29 is 4.79 Å². The standard InChI is InChI=1S/C12H14BrClO/c1-2-9-3-4-10(6-12(15)7-13)11(5-9)8-14/h3-5H,2,6-8H2,1H3. The molecule has 0 radical (unpaired) electrons. The third-order valence-corrected chi connectivity index (χ3v) is 3.27. The number of hydrogen-bond donors (Lipinski definition) is 0. The topological polar surface area (TPSA) is 17.1 Å². The maximum absolute atomic E-state index is 11.3. The van der Waals surface area contributed by atoms with E-state index in [-0.39, 0.29) is 5.78 Å². The number of alkyl halides is 2. The molecule has 15 heavy (non-hydrogen) atoms. The van der Waals surface area contributed by atoms with E-state index in [1.54, 1.807) is 0 Å². The summed E-state index contributed by atoms with van der Waals surface area (Å²) in [6.07, 6.45) is 1.47. The van der Waals surface area contributed by atoms with Crippen LogP contribution in [0.15, 0.2) is 18.2 Å². The molecular weight excluding hydrogens is 275 g/mol. The van der Waals surface area contributed by atoms with Gasteiger partial charge in [-0.05, 0) is 23.1 Å². The lowest BCUT2D eigenvalue weighted by Crippen LogP contribution is -2.06. The molecule has 0 aliphatic rings. The fourth-order valence-electron chi connectivity index (χ4n) is 1.46. The van der Waals surface area contributed by atoms with Crippen molar-refractivity contribution in [3.05, 3.63) is 34.9 Å². The van der Waals surface area contributed by atoms with E-state index < -0.39 is 0 Å². The third-order valence-electron chi connectivity index (χ3n) is 2.36. The molecule has 1 aromatic carbocycles. The van der Waals surface area contributed by atoms with Crippen LogP contribution in [-0.4, -0.2) is 11.1 Å². The highest BCUT2D eigenvalue weighted by Crippen LogP contribution is 2.16. The largest absolute Gasteiger partial charge is 0.298 e. The number of carbonyl (C=O) groups excluding carboxylic acids is 1. The molecule has 0 aliphatic heterocycles. The van der Waals surface area contributed by atoms with Gasteiger partial charge in [0.25, 0.3) is 0 Å². The molecule has 0 N–H and O–H groups in total. The van der Waals surface area contributed by atoms with E-state index in [2.05, 4.69) is 35.0 Å². The SMILES string of the molecule is CCc1ccc(CC(=O)CBr)c(CCl)c1. The van der Waals surface area contributed by atoms with E-state index >= 15 is 0 Å². The molecule has 82 valence electrons. The van der Waals surface area contributed by atoms with E-state index in [0.717, 1.165) is 17.5 Å². The Morgan fingerprint density at radius 2 is 2.13 bits per heavy atom. The zero-order valence-electron chi connectivity index (χ0n) is 8.72. The number of aryl methyl sites for hydroxylation is 1. The normalized spacial score (nSPS) is 10.3. The zero-order valence-corrected chi connectivity index (χ0v) is 11.1. The van der Waals surface area contributed by atoms with E-state index in [9.17, 15) is 4.79 Å². The van der Waals surface area contributed by atoms with Crippen LogP contribution in [0.5, 0.6) is 0 Å². The zero-order chi connectivity index (χ0) is 11.3. The van der Waals surface area contributed by atoms with Crippen LogP contribution in [0.3, 0.4) is 0 Å². The van der Waals surface area contributed by atoms with Crippen molar-refractivity contribution in [1.82, 2.24) is 0 Å². The summed E-state index contributed by atoms with van der Waals surface area (Å²) in [5, 5.41) is 0.407. The van der Waals surface area contributed by atoms with Gasteiger partial charge in [-0.3, -0.25) is 4.79 Å². The first-order valence-corrected chi connectivity index (χ1v) is 6.61. The van der Waals surface area contributed by atoms with Gasteiger partial charge in [-0.2, -0.15) is 0 Å². The Bertz CT molecular complexity index is 349. The molecule has 0 heterocycles. The Balaban J connectivity index is 2.92. The Morgan fingerprint density at radius 1 is 1.40 bits per heavy atom. The fraction of sp³-hybridized carbons (Fsp3) is 0.417. The molecule has 3 heteroatoms. The number of carbonyl (C=O) groups is 1. The van der Waals surface area contributed by atoms with Crippen molar-refractivity contribution in [2.24, 2.45) is 0 Å². The van der Waals surface area contributed by atoms with Gasteiger partial charge in [0.05, 0.1) is 5.33 Å². The van der Waals surface area contributed by atoms with Crippen molar-refractivity contribution in [3.8, 4) is 0 Å². The van der Waals surface area contributed by atoms with Gasteiger partial charge in [0.2, 0.25) is 0 Å². The number of benzene rings is 1. The quantitative estimate of drug-likeness (QED) is 0.758. The summed E-state index contributed by atoms with van der Waals surface area (Å²) in [4.78, 5) is 11.3. The van der Waals surface area contributed by atoms with Gasteiger partial charge in [-0.25, -0.2) is 0 Å². The van der Waals surface area contributed by atoms with E-state index in [0.29, 0.717) is 17.6 Å². The van der Waals surface area contributed by atoms with E-state index in [1.807, 2.05) is 6.07 Å². The lowest BCUT2D eigenvalue weighted by atomic mass is 10.00. The molecule has 0 saturated carbocycles. The van der Waals surface area contributed by atoms with Gasteiger partial charge >= 0.3 is 0 Å². The summed E-state index contributed by atoms with van der Waals surface area (Å²) < 4.78 is 0. The number of Topliss-reactive ketones (excluding diaryl/α,β-unsaturated/α-hetero) is 1. The predicted octanol–water partition coefficient (Wildman–Crippen LogP) is 3.49. The molecule has 1 nitrogen and oxygen atoms in total. The Morgan fingerprint density at radius 3 is 2.67 bits per heavy atom. The second-order valence-electron chi connectivity index (χ2n) is 3.44. The Kier molecular flexibility index (Phi) is 5.34. The average molecular weight is 290 g/mol. The van der Waals surface area contributed by atoms with Gasteiger partial charge in [-0.1, -0.05) is 41.1 Å². The van der Waals surface area contributed by atoms with E-state index in [4.69, 9.17) is 11.6 Å². The molecule has 1 rings (SSSR count). The minimum absolute atomic E-state index is 0.186. The van der Waals surface area contributed by atoms with Crippen LogP contribution < -0.4 is 0 Å². The number of rotatable bonds is 5. The van der Waals surface area contributed by atoms with Crippen molar-refractivity contribution in [2.45, 2.75) is 25.6 Å². The molecule has 0 bridgehead atoms. The van der Waals surface area contributed by atoms with Crippen LogP contribution in [0.1, 0.15) is 23.6 Å². The summed E-state index contributed by atoms with van der Waals surface area (Å²) in [5.41, 5.74) is 3.39. The van der Waals surface area contributed by atoms with Gasteiger partial charge < -0.3 is 0 Å². The van der Waals surface area contributed by atoms with Gasteiger partial charge in [-0.15, -0.1) is 11.6 Å². The maximum Gasteiger partial charge on any atom is 0.147 e. The summed E-state index contributed by atoms with van der Waals surface area (Å²) >= 11 is 9.03. The van der Waals surface area contributed by atoms with Crippen molar-refractivity contribution in [3.63, 3.8) is 0 Å². The third kappa shape index (κ3) is 3.62. The highest BCUT2D eigenvalue weighted by molar-refractivity contribution is 9.09. The molecule has 0 atom stereocenters. The van der Waals surface area contributed by atoms with Gasteiger partial charge in [0.15, 0.2) is 0 Å². The molecule has 0 aliphatic carbocycles. The molecule has 0 fully saturated rings. The number of hydrogen-bond acceptors (Lipinski definition) is 1. The van der Waals surface area contributed by atoms with Crippen LogP contribution in [-0.2, 0) is 23.5 Å². The van der Waals surface area contributed by atoms with Crippen molar-refractivity contribution in [1.29, 1.82) is 0 Å². The summed E-state index contributed by atoms with van der Waals surface area (Å²) in [5.74, 6) is 0.657. The molecule has 0 spiro atoms. The van der Waals surface area contributed by atoms with Gasteiger partial charge in [0, 0.05) is 12.3 Å². The molecule has 0 saturated heterocycles. The molecule has 0 unspecified atom stereocenters. The number of halogens is 2. The molecule has 0 aromatic heterocycles. The van der Waals surface area contributed by atoms with Crippen LogP contribution in [0.2, 0.25) is 0 Å². The first-order chi connectivity index (χ1) is 7.21. The molecular formula is C12H14BrClO. The minimum Gasteiger partial charge on any atom is -0.298 e. The maximum atomic E-state index is 11.3. The smallest absolute Gasteiger partial charge is 0.147 e. The Labute approximate surface area is 104 Å². The fourth-order valence-corrected chi connectivity index (χ4v) is 1.90. The second-order valence-corrected chi connectivity index (χ2v) is 4.27. The van der Waals surface area contributed by atoms with Crippen molar-refractivity contribution >= 4 is 33.3 Å². The monoisotopic (exact) mass is 288 g/mol. The summed E-state index contributed by atoms with van der Waals surface area (Å²) in [6.45, 7) is 2.11. The Hall–Kier alpha value is -0.340. The summed E-state index contributed by atoms with van der Waals surface area (Å²) in [6, 6.07) is 6.16. The lowest BCUT2D eigenvalue weighted by molar-refractivity contribution is -0.115. The van der Waals surface area contributed by atoms with Crippen LogP contribution in [0, 0.1) is 0 Å². The molecule has 0 amide bonds. The average Bonchev–Trinajstić information content (AvgIpc) is 2.29. The van der Waals surface area contributed by atoms with Gasteiger partial charge in [0.1, 0.15) is 5.78 Å². The number of ketones is 1. The van der Waals surface area contributed by atoms with E-state index in [1.165, 1.54) is 5.56 Å². The second kappa shape index (κ2) is 6.29. The van der Waals surface area contributed by atoms with Crippen LogP contribution in [0.4, 0.5) is 0 Å². The highest BCUT2D eigenvalue weighted by Gasteiger charge is 2.07.